The van der Waals surface area contributed by atoms with Crippen molar-refractivity contribution in [3.05, 3.63) is 0 Å². The summed E-state index contributed by atoms with van der Waals surface area (Å²) in [6.07, 6.45) is 5.92. The second-order valence-corrected chi connectivity index (χ2v) is 5.77. The maximum Gasteiger partial charge on any atom is 0.0707 e. The van der Waals surface area contributed by atoms with E-state index in [9.17, 15) is 0 Å². The molecule has 0 aromatic rings. The number of nitrogens with one attached hydrogen (secondary N) is 1. The molecule has 0 amide bonds. The third-order valence-corrected chi connectivity index (χ3v) is 3.69. The summed E-state index contributed by atoms with van der Waals surface area (Å²) in [4.78, 5) is 2.53. The zero-order chi connectivity index (χ0) is 13.4. The van der Waals surface area contributed by atoms with Crippen LogP contribution in [-0.2, 0) is 4.74 Å². The molecule has 1 heterocycles. The van der Waals surface area contributed by atoms with E-state index in [4.69, 9.17) is 4.74 Å². The lowest BCUT2D eigenvalue weighted by Gasteiger charge is -2.24. The first-order valence-corrected chi connectivity index (χ1v) is 7.76. The standard InChI is InChI=1S/C15H32N2O/c1-5-7-10-17(6-2)12-15-9-8-14(18-15)11-16-13(3)4/h13-16H,5-12H2,1-4H3. The number of nitrogens with zero attached hydrogens (tertiary/aromatic N) is 1. The molecule has 2 atom stereocenters. The summed E-state index contributed by atoms with van der Waals surface area (Å²) in [7, 11) is 0. The molecular formula is C15H32N2O. The van der Waals surface area contributed by atoms with E-state index in [2.05, 4.69) is 37.9 Å². The van der Waals surface area contributed by atoms with Crippen LogP contribution in [0.2, 0.25) is 0 Å². The van der Waals surface area contributed by atoms with Gasteiger partial charge in [0.15, 0.2) is 0 Å². The fourth-order valence-corrected chi connectivity index (χ4v) is 2.48. The first-order valence-electron chi connectivity index (χ1n) is 7.76. The summed E-state index contributed by atoms with van der Waals surface area (Å²) in [5, 5.41) is 3.47. The Morgan fingerprint density at radius 1 is 1.22 bits per heavy atom. The molecule has 3 nitrogen and oxygen atoms in total. The smallest absolute Gasteiger partial charge is 0.0707 e. The summed E-state index contributed by atoms with van der Waals surface area (Å²) in [6, 6.07) is 0.560. The minimum atomic E-state index is 0.433. The Kier molecular flexibility index (Phi) is 7.87. The van der Waals surface area contributed by atoms with Gasteiger partial charge in [-0.15, -0.1) is 0 Å². The highest BCUT2D eigenvalue weighted by Gasteiger charge is 2.26. The number of likely N-dealkylation sites (N-methyl/N-ethyl adjacent to an activating group) is 1. The van der Waals surface area contributed by atoms with Crippen LogP contribution in [0.15, 0.2) is 0 Å². The van der Waals surface area contributed by atoms with Crippen molar-refractivity contribution in [2.45, 2.75) is 71.6 Å². The molecule has 1 fully saturated rings. The Balaban J connectivity index is 2.19. The minimum absolute atomic E-state index is 0.433. The lowest BCUT2D eigenvalue weighted by Crippen LogP contribution is -2.35. The highest BCUT2D eigenvalue weighted by molar-refractivity contribution is 4.78. The van der Waals surface area contributed by atoms with E-state index in [0.29, 0.717) is 18.2 Å². The van der Waals surface area contributed by atoms with Gasteiger partial charge >= 0.3 is 0 Å². The van der Waals surface area contributed by atoms with Gasteiger partial charge < -0.3 is 15.0 Å². The molecule has 18 heavy (non-hydrogen) atoms. The molecule has 1 N–H and O–H groups in total. The molecule has 0 spiro atoms. The molecule has 1 aliphatic rings. The van der Waals surface area contributed by atoms with E-state index in [0.717, 1.165) is 19.6 Å². The Morgan fingerprint density at radius 2 is 1.94 bits per heavy atom. The van der Waals surface area contributed by atoms with Crippen LogP contribution in [0.5, 0.6) is 0 Å². The molecule has 0 bridgehead atoms. The number of rotatable bonds is 9. The maximum atomic E-state index is 6.12. The van der Waals surface area contributed by atoms with E-state index in [1.54, 1.807) is 0 Å². The molecule has 1 saturated heterocycles. The predicted molar refractivity (Wildman–Crippen MR) is 78.1 cm³/mol. The second kappa shape index (κ2) is 8.89. The van der Waals surface area contributed by atoms with Crippen molar-refractivity contribution in [1.82, 2.24) is 10.2 Å². The quantitative estimate of drug-likeness (QED) is 0.686. The normalized spacial score (nSPS) is 24.3. The largest absolute Gasteiger partial charge is 0.372 e. The van der Waals surface area contributed by atoms with Gasteiger partial charge in [0, 0.05) is 19.1 Å². The van der Waals surface area contributed by atoms with E-state index < -0.39 is 0 Å². The van der Waals surface area contributed by atoms with E-state index in [-0.39, 0.29) is 0 Å². The molecule has 0 radical (unpaired) electrons. The maximum absolute atomic E-state index is 6.12. The minimum Gasteiger partial charge on any atom is -0.372 e. The van der Waals surface area contributed by atoms with Crippen LogP contribution < -0.4 is 5.32 Å². The van der Waals surface area contributed by atoms with Crippen molar-refractivity contribution in [2.24, 2.45) is 0 Å². The van der Waals surface area contributed by atoms with E-state index in [1.807, 2.05) is 0 Å². The molecule has 0 aromatic carbocycles. The average molecular weight is 256 g/mol. The molecule has 0 aromatic heterocycles. The summed E-state index contributed by atoms with van der Waals surface area (Å²) >= 11 is 0. The Bertz CT molecular complexity index is 209. The summed E-state index contributed by atoms with van der Waals surface area (Å²) in [6.45, 7) is 13.4. The lowest BCUT2D eigenvalue weighted by molar-refractivity contribution is 0.0233. The number of ether oxygens (including phenoxy) is 1. The van der Waals surface area contributed by atoms with Gasteiger partial charge in [-0.25, -0.2) is 0 Å². The Labute approximate surface area is 113 Å². The van der Waals surface area contributed by atoms with E-state index >= 15 is 0 Å². The van der Waals surface area contributed by atoms with Gasteiger partial charge in [-0.3, -0.25) is 0 Å². The summed E-state index contributed by atoms with van der Waals surface area (Å²) < 4.78 is 6.12. The first kappa shape index (κ1) is 15.9. The summed E-state index contributed by atoms with van der Waals surface area (Å²) in [5.74, 6) is 0. The monoisotopic (exact) mass is 256 g/mol. The fraction of sp³-hybridized carbons (Fsp3) is 1.00. The highest BCUT2D eigenvalue weighted by Crippen LogP contribution is 2.20. The van der Waals surface area contributed by atoms with Crippen LogP contribution in [0.3, 0.4) is 0 Å². The van der Waals surface area contributed by atoms with Gasteiger partial charge in [0.2, 0.25) is 0 Å². The van der Waals surface area contributed by atoms with Gasteiger partial charge in [0.25, 0.3) is 0 Å². The SMILES string of the molecule is CCCCN(CC)CC1CCC(CNC(C)C)O1. The molecule has 2 unspecified atom stereocenters. The number of unbranched alkanes of at least 4 members (excludes halogenated alkanes) is 1. The van der Waals surface area contributed by atoms with Crippen molar-refractivity contribution in [3.8, 4) is 0 Å². The average Bonchev–Trinajstić information content (AvgIpc) is 2.79. The van der Waals surface area contributed by atoms with Crippen molar-refractivity contribution in [2.75, 3.05) is 26.2 Å². The van der Waals surface area contributed by atoms with Gasteiger partial charge in [0.05, 0.1) is 12.2 Å². The topological polar surface area (TPSA) is 24.5 Å². The van der Waals surface area contributed by atoms with Gasteiger partial charge in [-0.1, -0.05) is 34.1 Å². The zero-order valence-corrected chi connectivity index (χ0v) is 12.7. The van der Waals surface area contributed by atoms with Crippen LogP contribution in [0.1, 0.15) is 53.4 Å². The molecular weight excluding hydrogens is 224 g/mol. The zero-order valence-electron chi connectivity index (χ0n) is 12.7. The lowest BCUT2D eigenvalue weighted by atomic mass is 10.1. The van der Waals surface area contributed by atoms with Gasteiger partial charge in [0.1, 0.15) is 0 Å². The molecule has 108 valence electrons. The highest BCUT2D eigenvalue weighted by atomic mass is 16.5. The molecule has 1 rings (SSSR count). The van der Waals surface area contributed by atoms with Crippen LogP contribution in [-0.4, -0.2) is 49.3 Å². The van der Waals surface area contributed by atoms with Crippen LogP contribution >= 0.6 is 0 Å². The second-order valence-electron chi connectivity index (χ2n) is 5.77. The molecule has 0 aliphatic carbocycles. The van der Waals surface area contributed by atoms with Crippen molar-refractivity contribution in [3.63, 3.8) is 0 Å². The third-order valence-electron chi connectivity index (χ3n) is 3.69. The Morgan fingerprint density at radius 3 is 2.56 bits per heavy atom. The molecule has 3 heteroatoms. The van der Waals surface area contributed by atoms with Crippen molar-refractivity contribution >= 4 is 0 Å². The van der Waals surface area contributed by atoms with Gasteiger partial charge in [-0.05, 0) is 32.4 Å². The number of hydrogen-bond acceptors (Lipinski definition) is 3. The summed E-state index contributed by atoms with van der Waals surface area (Å²) in [5.41, 5.74) is 0. The Hall–Kier alpha value is -0.120. The van der Waals surface area contributed by atoms with Crippen LogP contribution in [0.25, 0.3) is 0 Å². The van der Waals surface area contributed by atoms with E-state index in [1.165, 1.54) is 32.2 Å². The molecule has 1 aliphatic heterocycles. The van der Waals surface area contributed by atoms with Crippen molar-refractivity contribution < 1.29 is 4.74 Å². The third kappa shape index (κ3) is 6.17. The van der Waals surface area contributed by atoms with Crippen LogP contribution in [0, 0.1) is 0 Å². The van der Waals surface area contributed by atoms with Crippen LogP contribution in [0.4, 0.5) is 0 Å². The van der Waals surface area contributed by atoms with Gasteiger partial charge in [-0.2, -0.15) is 0 Å². The molecule has 0 saturated carbocycles. The predicted octanol–water partition coefficient (Wildman–Crippen LogP) is 2.65. The van der Waals surface area contributed by atoms with Crippen molar-refractivity contribution in [1.29, 1.82) is 0 Å². The first-order chi connectivity index (χ1) is 8.65. The number of hydrogen-bond donors (Lipinski definition) is 1. The fourth-order valence-electron chi connectivity index (χ4n) is 2.48.